The second-order valence-corrected chi connectivity index (χ2v) is 8.48. The van der Waals surface area contributed by atoms with Crippen LogP contribution in [0, 0.1) is 5.92 Å². The molecule has 128 valence electrons. The molecule has 0 bridgehead atoms. The Morgan fingerprint density at radius 2 is 1.83 bits per heavy atom. The highest BCUT2D eigenvalue weighted by Crippen LogP contribution is 2.44. The van der Waals surface area contributed by atoms with Gasteiger partial charge < -0.3 is 0 Å². The van der Waals surface area contributed by atoms with E-state index in [-0.39, 0.29) is 0 Å². The lowest BCUT2D eigenvalue weighted by molar-refractivity contribution is 0.265. The van der Waals surface area contributed by atoms with Gasteiger partial charge in [0, 0.05) is 0 Å². The molecule has 0 aromatic heterocycles. The second kappa shape index (κ2) is 7.86. The van der Waals surface area contributed by atoms with Crippen LogP contribution in [0.1, 0.15) is 101 Å². The van der Waals surface area contributed by atoms with Gasteiger partial charge in [-0.15, -0.1) is 0 Å². The van der Waals surface area contributed by atoms with E-state index in [1.165, 1.54) is 83.5 Å². The molecule has 0 amide bonds. The number of hydrogen-bond acceptors (Lipinski definition) is 0. The van der Waals surface area contributed by atoms with E-state index >= 15 is 0 Å². The first-order chi connectivity index (χ1) is 11.2. The lowest BCUT2D eigenvalue weighted by atomic mass is 9.66. The summed E-state index contributed by atoms with van der Waals surface area (Å²) in [7, 11) is 0. The van der Waals surface area contributed by atoms with Gasteiger partial charge in [0.05, 0.1) is 0 Å². The minimum Gasteiger partial charge on any atom is -0.0654 e. The number of rotatable bonds is 6. The maximum Gasteiger partial charge on any atom is -0.00469 e. The summed E-state index contributed by atoms with van der Waals surface area (Å²) in [4.78, 5) is 0. The molecule has 1 fully saturated rings. The summed E-state index contributed by atoms with van der Waals surface area (Å²) >= 11 is 0. The Morgan fingerprint density at radius 1 is 1.00 bits per heavy atom. The maximum atomic E-state index is 2.63. The fourth-order valence-electron chi connectivity index (χ4n) is 5.07. The van der Waals surface area contributed by atoms with E-state index in [4.69, 9.17) is 0 Å². The molecule has 0 saturated heterocycles. The van der Waals surface area contributed by atoms with Gasteiger partial charge >= 0.3 is 0 Å². The van der Waals surface area contributed by atoms with E-state index in [0.717, 1.165) is 5.92 Å². The van der Waals surface area contributed by atoms with Crippen molar-refractivity contribution in [3.05, 3.63) is 34.9 Å². The molecular formula is C23H36. The highest BCUT2D eigenvalue weighted by molar-refractivity contribution is 5.38. The van der Waals surface area contributed by atoms with Gasteiger partial charge in [0.25, 0.3) is 0 Å². The molecule has 0 heterocycles. The van der Waals surface area contributed by atoms with Crippen LogP contribution in [0.4, 0.5) is 0 Å². The van der Waals surface area contributed by atoms with Crippen LogP contribution in [0.2, 0.25) is 0 Å². The van der Waals surface area contributed by atoms with E-state index < -0.39 is 0 Å². The Bertz CT molecular complexity index is 493. The van der Waals surface area contributed by atoms with E-state index in [0.29, 0.717) is 5.41 Å². The normalized spacial score (nSPS) is 23.5. The second-order valence-electron chi connectivity index (χ2n) is 8.48. The fraction of sp³-hybridized carbons (Fsp3) is 0.739. The van der Waals surface area contributed by atoms with Gasteiger partial charge in [-0.25, -0.2) is 0 Å². The Balaban J connectivity index is 1.79. The van der Waals surface area contributed by atoms with Crippen molar-refractivity contribution >= 4 is 0 Å². The average molecular weight is 313 g/mol. The van der Waals surface area contributed by atoms with Crippen molar-refractivity contribution in [2.45, 2.75) is 103 Å². The summed E-state index contributed by atoms with van der Waals surface area (Å²) in [5.74, 6) is 0.881. The van der Waals surface area contributed by atoms with Crippen molar-refractivity contribution in [2.24, 2.45) is 5.92 Å². The first-order valence-electron chi connectivity index (χ1n) is 10.4. The predicted octanol–water partition coefficient (Wildman–Crippen LogP) is 6.98. The zero-order valence-electron chi connectivity index (χ0n) is 15.5. The van der Waals surface area contributed by atoms with Crippen LogP contribution in [0.25, 0.3) is 0 Å². The molecule has 0 radical (unpaired) electrons. The highest BCUT2D eigenvalue weighted by Gasteiger charge is 2.33. The summed E-state index contributed by atoms with van der Waals surface area (Å²) in [6.07, 6.45) is 18.3. The molecule has 1 saturated carbocycles. The molecule has 1 aromatic rings. The first kappa shape index (κ1) is 17.1. The van der Waals surface area contributed by atoms with Gasteiger partial charge in [-0.2, -0.15) is 0 Å². The Kier molecular flexibility index (Phi) is 5.83. The van der Waals surface area contributed by atoms with Crippen LogP contribution in [0.3, 0.4) is 0 Å². The van der Waals surface area contributed by atoms with Gasteiger partial charge in [0.2, 0.25) is 0 Å². The van der Waals surface area contributed by atoms with Crippen LogP contribution in [0.5, 0.6) is 0 Å². The predicted molar refractivity (Wildman–Crippen MR) is 101 cm³/mol. The molecule has 0 aliphatic heterocycles. The third-order valence-electron chi connectivity index (χ3n) is 6.61. The average Bonchev–Trinajstić information content (AvgIpc) is 2.59. The topological polar surface area (TPSA) is 0 Å². The summed E-state index contributed by atoms with van der Waals surface area (Å²) in [5.41, 5.74) is 5.54. The molecular weight excluding hydrogens is 276 g/mol. The zero-order chi connectivity index (χ0) is 16.1. The molecule has 0 nitrogen and oxygen atoms in total. The quantitative estimate of drug-likeness (QED) is 0.497. The van der Waals surface area contributed by atoms with Gasteiger partial charge in [-0.3, -0.25) is 0 Å². The monoisotopic (exact) mass is 312 g/mol. The standard InChI is InChI=1S/C23H36/c1-3-4-5-7-14-23(15-8-6-9-16-23)22-13-12-20-17-19(2)10-11-21(20)18-22/h12-13,18-19H,3-11,14-17H2,1-2H3. The number of benzene rings is 1. The zero-order valence-corrected chi connectivity index (χ0v) is 15.5. The van der Waals surface area contributed by atoms with Crippen molar-refractivity contribution in [3.63, 3.8) is 0 Å². The Hall–Kier alpha value is -0.780. The van der Waals surface area contributed by atoms with Crippen LogP contribution < -0.4 is 0 Å². The molecule has 0 N–H and O–H groups in total. The van der Waals surface area contributed by atoms with Gasteiger partial charge in [0.1, 0.15) is 0 Å². The molecule has 1 aromatic carbocycles. The van der Waals surface area contributed by atoms with E-state index in [9.17, 15) is 0 Å². The highest BCUT2D eigenvalue weighted by atomic mass is 14.4. The number of hydrogen-bond donors (Lipinski definition) is 0. The molecule has 2 aliphatic carbocycles. The smallest absolute Gasteiger partial charge is 0.00469 e. The van der Waals surface area contributed by atoms with E-state index in [1.54, 1.807) is 16.7 Å². The van der Waals surface area contributed by atoms with Crippen LogP contribution in [-0.4, -0.2) is 0 Å². The number of aryl methyl sites for hydroxylation is 1. The van der Waals surface area contributed by atoms with Crippen molar-refractivity contribution in [1.29, 1.82) is 0 Å². The molecule has 2 aliphatic rings. The summed E-state index contributed by atoms with van der Waals surface area (Å²) in [6.45, 7) is 4.73. The summed E-state index contributed by atoms with van der Waals surface area (Å²) < 4.78 is 0. The summed E-state index contributed by atoms with van der Waals surface area (Å²) in [6, 6.07) is 7.64. The minimum atomic E-state index is 0.518. The molecule has 0 spiro atoms. The van der Waals surface area contributed by atoms with Gasteiger partial charge in [0.15, 0.2) is 0 Å². The van der Waals surface area contributed by atoms with Crippen molar-refractivity contribution in [1.82, 2.24) is 0 Å². The van der Waals surface area contributed by atoms with Crippen LogP contribution in [-0.2, 0) is 18.3 Å². The van der Waals surface area contributed by atoms with Crippen LogP contribution in [0.15, 0.2) is 18.2 Å². The maximum absolute atomic E-state index is 2.63. The first-order valence-corrected chi connectivity index (χ1v) is 10.4. The largest absolute Gasteiger partial charge is 0.0654 e. The van der Waals surface area contributed by atoms with Crippen molar-refractivity contribution < 1.29 is 0 Å². The lowest BCUT2D eigenvalue weighted by Crippen LogP contribution is -2.29. The van der Waals surface area contributed by atoms with Crippen molar-refractivity contribution in [2.75, 3.05) is 0 Å². The van der Waals surface area contributed by atoms with Crippen molar-refractivity contribution in [3.8, 4) is 0 Å². The molecule has 23 heavy (non-hydrogen) atoms. The summed E-state index contributed by atoms with van der Waals surface area (Å²) in [5, 5.41) is 0. The lowest BCUT2D eigenvalue weighted by Gasteiger charge is -2.39. The SMILES string of the molecule is CCCCCCC1(c2ccc3c(c2)CCC(C)C3)CCCCC1. The third kappa shape index (κ3) is 4.01. The number of unbranched alkanes of at least 4 members (excludes halogenated alkanes) is 3. The minimum absolute atomic E-state index is 0.518. The number of fused-ring (bicyclic) bond motifs is 1. The van der Waals surface area contributed by atoms with E-state index in [1.807, 2.05) is 0 Å². The Labute approximate surface area is 144 Å². The molecule has 0 heteroatoms. The molecule has 3 rings (SSSR count). The molecule has 1 unspecified atom stereocenters. The fourth-order valence-corrected chi connectivity index (χ4v) is 5.07. The molecule has 1 atom stereocenters. The Morgan fingerprint density at radius 3 is 2.61 bits per heavy atom. The van der Waals surface area contributed by atoms with Gasteiger partial charge in [-0.1, -0.05) is 77.0 Å². The van der Waals surface area contributed by atoms with E-state index in [2.05, 4.69) is 32.0 Å². The van der Waals surface area contributed by atoms with Crippen LogP contribution >= 0.6 is 0 Å². The third-order valence-corrected chi connectivity index (χ3v) is 6.61. The van der Waals surface area contributed by atoms with Gasteiger partial charge in [-0.05, 0) is 66.5 Å².